The molecular weight excluding hydrogens is 258 g/mol. The van der Waals surface area contributed by atoms with E-state index in [1.54, 1.807) is 0 Å². The topological polar surface area (TPSA) is 35.2 Å². The lowest BCUT2D eigenvalue weighted by molar-refractivity contribution is 0.478. The molecular formula is C19H17NO. The molecule has 0 aliphatic carbocycles. The lowest BCUT2D eigenvalue weighted by atomic mass is 10.0. The van der Waals surface area contributed by atoms with Crippen molar-refractivity contribution in [1.29, 1.82) is 0 Å². The average molecular weight is 275 g/mol. The van der Waals surface area contributed by atoms with E-state index in [-0.39, 0.29) is 0 Å². The van der Waals surface area contributed by atoms with Crippen molar-refractivity contribution in [2.24, 2.45) is 5.73 Å². The van der Waals surface area contributed by atoms with E-state index >= 15 is 0 Å². The van der Waals surface area contributed by atoms with Crippen molar-refractivity contribution in [3.8, 4) is 22.6 Å². The number of hydrogen-bond donors (Lipinski definition) is 1. The molecule has 0 saturated heterocycles. The van der Waals surface area contributed by atoms with Crippen LogP contribution in [0.5, 0.6) is 11.5 Å². The van der Waals surface area contributed by atoms with Crippen LogP contribution in [-0.2, 0) is 6.54 Å². The summed E-state index contributed by atoms with van der Waals surface area (Å²) in [4.78, 5) is 0. The van der Waals surface area contributed by atoms with Crippen molar-refractivity contribution < 1.29 is 4.74 Å². The Morgan fingerprint density at radius 3 is 2.05 bits per heavy atom. The van der Waals surface area contributed by atoms with Gasteiger partial charge in [-0.2, -0.15) is 0 Å². The molecule has 2 heteroatoms. The molecule has 0 amide bonds. The Balaban J connectivity index is 2.00. The molecule has 2 N–H and O–H groups in total. The minimum atomic E-state index is 0.462. The molecule has 0 saturated carbocycles. The highest BCUT2D eigenvalue weighted by Crippen LogP contribution is 2.34. The van der Waals surface area contributed by atoms with Gasteiger partial charge in [-0.15, -0.1) is 0 Å². The molecule has 3 aromatic rings. The van der Waals surface area contributed by atoms with Crippen LogP contribution < -0.4 is 10.5 Å². The summed E-state index contributed by atoms with van der Waals surface area (Å²) in [5, 5.41) is 0. The van der Waals surface area contributed by atoms with E-state index in [0.717, 1.165) is 28.2 Å². The van der Waals surface area contributed by atoms with Gasteiger partial charge >= 0.3 is 0 Å². The number of ether oxygens (including phenoxy) is 1. The Kier molecular flexibility index (Phi) is 3.99. The normalized spacial score (nSPS) is 10.3. The van der Waals surface area contributed by atoms with Gasteiger partial charge in [-0.1, -0.05) is 66.7 Å². The summed E-state index contributed by atoms with van der Waals surface area (Å²) in [6.07, 6.45) is 0. The van der Waals surface area contributed by atoms with Gasteiger partial charge in [-0.05, 0) is 17.7 Å². The highest BCUT2D eigenvalue weighted by molar-refractivity contribution is 5.70. The van der Waals surface area contributed by atoms with Gasteiger partial charge in [0, 0.05) is 17.7 Å². The van der Waals surface area contributed by atoms with Crippen molar-refractivity contribution in [3.05, 3.63) is 84.4 Å². The standard InChI is InChI=1S/C19H17NO/c20-14-16-10-4-6-12-18(16)21-19-13-7-5-11-17(19)15-8-2-1-3-9-15/h1-13H,14,20H2. The third-order valence-electron chi connectivity index (χ3n) is 3.38. The molecule has 0 atom stereocenters. The van der Waals surface area contributed by atoms with E-state index in [0.29, 0.717) is 6.54 Å². The van der Waals surface area contributed by atoms with E-state index in [1.165, 1.54) is 0 Å². The first-order valence-electron chi connectivity index (χ1n) is 6.99. The molecule has 0 aliphatic heterocycles. The van der Waals surface area contributed by atoms with Gasteiger partial charge in [0.15, 0.2) is 0 Å². The van der Waals surface area contributed by atoms with Crippen molar-refractivity contribution in [2.45, 2.75) is 6.54 Å². The molecule has 0 radical (unpaired) electrons. The average Bonchev–Trinajstić information content (AvgIpc) is 2.57. The van der Waals surface area contributed by atoms with Crippen molar-refractivity contribution >= 4 is 0 Å². The lowest BCUT2D eigenvalue weighted by Gasteiger charge is -2.13. The first-order valence-corrected chi connectivity index (χ1v) is 6.99. The van der Waals surface area contributed by atoms with E-state index in [2.05, 4.69) is 18.2 Å². The molecule has 0 aliphatic rings. The van der Waals surface area contributed by atoms with Gasteiger partial charge in [0.1, 0.15) is 11.5 Å². The van der Waals surface area contributed by atoms with Gasteiger partial charge in [-0.3, -0.25) is 0 Å². The highest BCUT2D eigenvalue weighted by atomic mass is 16.5. The SMILES string of the molecule is NCc1ccccc1Oc1ccccc1-c1ccccc1. The van der Waals surface area contributed by atoms with Crippen LogP contribution in [-0.4, -0.2) is 0 Å². The predicted molar refractivity (Wildman–Crippen MR) is 86.3 cm³/mol. The number of para-hydroxylation sites is 2. The monoisotopic (exact) mass is 275 g/mol. The van der Waals surface area contributed by atoms with Crippen molar-refractivity contribution in [1.82, 2.24) is 0 Å². The molecule has 104 valence electrons. The van der Waals surface area contributed by atoms with Gasteiger partial charge in [0.2, 0.25) is 0 Å². The molecule has 0 unspecified atom stereocenters. The summed E-state index contributed by atoms with van der Waals surface area (Å²) in [5.41, 5.74) is 8.99. The highest BCUT2D eigenvalue weighted by Gasteiger charge is 2.08. The quantitative estimate of drug-likeness (QED) is 0.755. The van der Waals surface area contributed by atoms with Gasteiger partial charge in [0.05, 0.1) is 0 Å². The number of nitrogens with two attached hydrogens (primary N) is 1. The Labute approximate surface area is 124 Å². The zero-order valence-electron chi connectivity index (χ0n) is 11.7. The van der Waals surface area contributed by atoms with Crippen LogP contribution in [0.15, 0.2) is 78.9 Å². The lowest BCUT2D eigenvalue weighted by Crippen LogP contribution is -1.99. The number of hydrogen-bond acceptors (Lipinski definition) is 2. The maximum absolute atomic E-state index is 6.11. The summed E-state index contributed by atoms with van der Waals surface area (Å²) in [7, 11) is 0. The molecule has 3 aromatic carbocycles. The number of benzene rings is 3. The Bertz CT molecular complexity index is 722. The summed E-state index contributed by atoms with van der Waals surface area (Å²) in [5.74, 6) is 1.65. The molecule has 3 rings (SSSR count). The van der Waals surface area contributed by atoms with Crippen LogP contribution in [0, 0.1) is 0 Å². The largest absolute Gasteiger partial charge is 0.456 e. The maximum Gasteiger partial charge on any atom is 0.135 e. The van der Waals surface area contributed by atoms with Crippen LogP contribution in [0.2, 0.25) is 0 Å². The molecule has 2 nitrogen and oxygen atoms in total. The fourth-order valence-electron chi connectivity index (χ4n) is 2.30. The maximum atomic E-state index is 6.11. The molecule has 0 heterocycles. The number of rotatable bonds is 4. The summed E-state index contributed by atoms with van der Waals surface area (Å²) in [6.45, 7) is 0.462. The smallest absolute Gasteiger partial charge is 0.135 e. The van der Waals surface area contributed by atoms with E-state index in [4.69, 9.17) is 10.5 Å². The van der Waals surface area contributed by atoms with Crippen molar-refractivity contribution in [2.75, 3.05) is 0 Å². The first-order chi connectivity index (χ1) is 10.4. The minimum absolute atomic E-state index is 0.462. The first kappa shape index (κ1) is 13.4. The zero-order chi connectivity index (χ0) is 14.5. The minimum Gasteiger partial charge on any atom is -0.456 e. The van der Waals surface area contributed by atoms with Crippen LogP contribution in [0.4, 0.5) is 0 Å². The van der Waals surface area contributed by atoms with Crippen molar-refractivity contribution in [3.63, 3.8) is 0 Å². The van der Waals surface area contributed by atoms with Gasteiger partial charge < -0.3 is 10.5 Å². The van der Waals surface area contributed by atoms with Crippen LogP contribution in [0.25, 0.3) is 11.1 Å². The van der Waals surface area contributed by atoms with Crippen LogP contribution in [0.1, 0.15) is 5.56 Å². The fraction of sp³-hybridized carbons (Fsp3) is 0.0526. The molecule has 0 fully saturated rings. The predicted octanol–water partition coefficient (Wildman–Crippen LogP) is 4.60. The van der Waals surface area contributed by atoms with Crippen LogP contribution >= 0.6 is 0 Å². The molecule has 0 spiro atoms. The summed E-state index contributed by atoms with van der Waals surface area (Å²) < 4.78 is 6.11. The van der Waals surface area contributed by atoms with E-state index < -0.39 is 0 Å². The molecule has 0 aromatic heterocycles. The summed E-state index contributed by atoms with van der Waals surface area (Å²) in [6, 6.07) is 26.1. The Morgan fingerprint density at radius 1 is 0.667 bits per heavy atom. The van der Waals surface area contributed by atoms with E-state index in [9.17, 15) is 0 Å². The molecule has 0 bridgehead atoms. The second-order valence-corrected chi connectivity index (χ2v) is 4.78. The third-order valence-corrected chi connectivity index (χ3v) is 3.38. The summed E-state index contributed by atoms with van der Waals surface area (Å²) >= 11 is 0. The molecule has 21 heavy (non-hydrogen) atoms. The Hall–Kier alpha value is -2.58. The van der Waals surface area contributed by atoms with Gasteiger partial charge in [0.25, 0.3) is 0 Å². The third kappa shape index (κ3) is 2.96. The van der Waals surface area contributed by atoms with Crippen LogP contribution in [0.3, 0.4) is 0 Å². The van der Waals surface area contributed by atoms with Gasteiger partial charge in [-0.25, -0.2) is 0 Å². The second kappa shape index (κ2) is 6.25. The zero-order valence-corrected chi connectivity index (χ0v) is 11.7. The fourth-order valence-corrected chi connectivity index (χ4v) is 2.30. The van der Waals surface area contributed by atoms with E-state index in [1.807, 2.05) is 60.7 Å². The Morgan fingerprint density at radius 2 is 1.29 bits per heavy atom. The second-order valence-electron chi connectivity index (χ2n) is 4.78.